The molecule has 1 atom stereocenters. The number of carboxylic acids is 1. The summed E-state index contributed by atoms with van der Waals surface area (Å²) in [5.41, 5.74) is 0. The summed E-state index contributed by atoms with van der Waals surface area (Å²) in [6.45, 7) is 6.19. The zero-order chi connectivity index (χ0) is 12.1. The lowest BCUT2D eigenvalue weighted by molar-refractivity contribution is -0.137. The highest BCUT2D eigenvalue weighted by Gasteiger charge is 2.31. The molecular formula is C11H20N2O3. The molecule has 5 heteroatoms. The summed E-state index contributed by atoms with van der Waals surface area (Å²) in [7, 11) is 0. The smallest absolute Gasteiger partial charge is 0.303 e. The molecule has 1 amide bonds. The van der Waals surface area contributed by atoms with Crippen LogP contribution in [-0.4, -0.2) is 47.6 Å². The molecule has 1 rings (SSSR count). The maximum absolute atomic E-state index is 11.7. The van der Waals surface area contributed by atoms with Gasteiger partial charge in [0, 0.05) is 19.5 Å². The van der Waals surface area contributed by atoms with Crippen LogP contribution in [0.1, 0.15) is 26.7 Å². The summed E-state index contributed by atoms with van der Waals surface area (Å²) in [6.07, 6.45) is 0.773. The van der Waals surface area contributed by atoms with Crippen LogP contribution in [0.5, 0.6) is 0 Å². The number of carbonyl (C=O) groups is 2. The first-order chi connectivity index (χ1) is 7.52. The number of hydrogen-bond donors (Lipinski definition) is 2. The van der Waals surface area contributed by atoms with E-state index in [-0.39, 0.29) is 24.3 Å². The Kier molecular flexibility index (Phi) is 4.73. The van der Waals surface area contributed by atoms with Crippen LogP contribution in [0.3, 0.4) is 0 Å². The predicted octanol–water partition coefficient (Wildman–Crippen LogP) is 0.308. The molecule has 0 aliphatic carbocycles. The normalized spacial score (nSPS) is 22.2. The third-order valence-electron chi connectivity index (χ3n) is 2.83. The maximum Gasteiger partial charge on any atom is 0.303 e. The van der Waals surface area contributed by atoms with Crippen LogP contribution in [0.25, 0.3) is 0 Å². The van der Waals surface area contributed by atoms with Crippen molar-refractivity contribution in [2.45, 2.75) is 32.7 Å². The number of rotatable bonds is 5. The van der Waals surface area contributed by atoms with E-state index in [1.807, 2.05) is 13.8 Å². The summed E-state index contributed by atoms with van der Waals surface area (Å²) in [6, 6.07) is -0.109. The van der Waals surface area contributed by atoms with Gasteiger partial charge in [-0.1, -0.05) is 13.8 Å². The molecule has 0 aromatic carbocycles. The van der Waals surface area contributed by atoms with Crippen molar-refractivity contribution in [1.82, 2.24) is 10.2 Å². The molecule has 0 spiro atoms. The fourth-order valence-electron chi connectivity index (χ4n) is 2.14. The molecule has 92 valence electrons. The first kappa shape index (κ1) is 13.0. The van der Waals surface area contributed by atoms with Gasteiger partial charge in [-0.05, 0) is 18.9 Å². The fraction of sp³-hybridized carbons (Fsp3) is 0.818. The van der Waals surface area contributed by atoms with E-state index in [1.165, 1.54) is 0 Å². The molecule has 1 fully saturated rings. The van der Waals surface area contributed by atoms with E-state index < -0.39 is 5.97 Å². The number of aliphatic carboxylic acids is 1. The molecule has 0 bridgehead atoms. The third-order valence-corrected chi connectivity index (χ3v) is 2.83. The van der Waals surface area contributed by atoms with Crippen LogP contribution in [-0.2, 0) is 9.59 Å². The van der Waals surface area contributed by atoms with Gasteiger partial charge in [-0.25, -0.2) is 0 Å². The minimum Gasteiger partial charge on any atom is -0.481 e. The largest absolute Gasteiger partial charge is 0.481 e. The predicted molar refractivity (Wildman–Crippen MR) is 60.1 cm³/mol. The minimum absolute atomic E-state index is 0.0663. The summed E-state index contributed by atoms with van der Waals surface area (Å²) < 4.78 is 0. The Bertz CT molecular complexity index is 266. The second-order valence-corrected chi connectivity index (χ2v) is 4.51. The van der Waals surface area contributed by atoms with Crippen LogP contribution in [0.2, 0.25) is 0 Å². The SMILES string of the molecule is CC(C)C1C(=O)NCCN1CCCC(=O)O. The van der Waals surface area contributed by atoms with Gasteiger partial charge in [0.1, 0.15) is 0 Å². The molecule has 0 saturated carbocycles. The van der Waals surface area contributed by atoms with Crippen molar-refractivity contribution in [3.63, 3.8) is 0 Å². The summed E-state index contributed by atoms with van der Waals surface area (Å²) in [5, 5.41) is 11.4. The molecule has 1 saturated heterocycles. The standard InChI is InChI=1S/C11H20N2O3/c1-8(2)10-11(16)12-5-7-13(10)6-3-4-9(14)15/h8,10H,3-7H2,1-2H3,(H,12,16)(H,14,15). The quantitative estimate of drug-likeness (QED) is 0.710. The fourth-order valence-corrected chi connectivity index (χ4v) is 2.14. The Hall–Kier alpha value is -1.10. The van der Waals surface area contributed by atoms with Crippen LogP contribution in [0.15, 0.2) is 0 Å². The molecule has 5 nitrogen and oxygen atoms in total. The molecule has 1 heterocycles. The van der Waals surface area contributed by atoms with E-state index in [0.29, 0.717) is 19.5 Å². The van der Waals surface area contributed by atoms with E-state index in [1.54, 1.807) is 0 Å². The van der Waals surface area contributed by atoms with Crippen molar-refractivity contribution in [2.24, 2.45) is 5.92 Å². The minimum atomic E-state index is -0.775. The van der Waals surface area contributed by atoms with Crippen molar-refractivity contribution >= 4 is 11.9 Å². The van der Waals surface area contributed by atoms with Crippen molar-refractivity contribution in [1.29, 1.82) is 0 Å². The number of nitrogens with one attached hydrogen (secondary N) is 1. The van der Waals surface area contributed by atoms with E-state index >= 15 is 0 Å². The molecule has 0 radical (unpaired) electrons. The maximum atomic E-state index is 11.7. The summed E-state index contributed by atoms with van der Waals surface area (Å²) >= 11 is 0. The Morgan fingerprint density at radius 2 is 2.31 bits per heavy atom. The number of carboxylic acid groups (broad SMARTS) is 1. The zero-order valence-electron chi connectivity index (χ0n) is 9.90. The van der Waals surface area contributed by atoms with Gasteiger partial charge in [-0.15, -0.1) is 0 Å². The van der Waals surface area contributed by atoms with Crippen LogP contribution in [0, 0.1) is 5.92 Å². The van der Waals surface area contributed by atoms with Crippen LogP contribution in [0.4, 0.5) is 0 Å². The Morgan fingerprint density at radius 3 is 2.88 bits per heavy atom. The third kappa shape index (κ3) is 3.48. The lowest BCUT2D eigenvalue weighted by Crippen LogP contribution is -2.57. The van der Waals surface area contributed by atoms with E-state index in [9.17, 15) is 9.59 Å². The van der Waals surface area contributed by atoms with Crippen molar-refractivity contribution in [3.8, 4) is 0 Å². The molecule has 2 N–H and O–H groups in total. The first-order valence-corrected chi connectivity index (χ1v) is 5.76. The topological polar surface area (TPSA) is 69.6 Å². The lowest BCUT2D eigenvalue weighted by atomic mass is 9.99. The molecule has 0 aromatic rings. The number of nitrogens with zero attached hydrogens (tertiary/aromatic N) is 1. The second-order valence-electron chi connectivity index (χ2n) is 4.51. The second kappa shape index (κ2) is 5.84. The first-order valence-electron chi connectivity index (χ1n) is 5.76. The number of amides is 1. The number of carbonyl (C=O) groups excluding carboxylic acids is 1. The Morgan fingerprint density at radius 1 is 1.62 bits per heavy atom. The van der Waals surface area contributed by atoms with Crippen molar-refractivity contribution < 1.29 is 14.7 Å². The molecule has 1 aliphatic rings. The average Bonchev–Trinajstić information content (AvgIpc) is 2.16. The van der Waals surface area contributed by atoms with Gasteiger partial charge in [0.2, 0.25) is 5.91 Å². The van der Waals surface area contributed by atoms with Gasteiger partial charge in [0.15, 0.2) is 0 Å². The Labute approximate surface area is 95.8 Å². The summed E-state index contributed by atoms with van der Waals surface area (Å²) in [4.78, 5) is 24.2. The molecular weight excluding hydrogens is 208 g/mol. The summed E-state index contributed by atoms with van der Waals surface area (Å²) in [5.74, 6) is -0.454. The molecule has 1 unspecified atom stereocenters. The van der Waals surface area contributed by atoms with Gasteiger partial charge in [0.05, 0.1) is 6.04 Å². The average molecular weight is 228 g/mol. The lowest BCUT2D eigenvalue weighted by Gasteiger charge is -2.37. The van der Waals surface area contributed by atoms with Gasteiger partial charge < -0.3 is 10.4 Å². The van der Waals surface area contributed by atoms with Crippen molar-refractivity contribution in [3.05, 3.63) is 0 Å². The van der Waals surface area contributed by atoms with Crippen molar-refractivity contribution in [2.75, 3.05) is 19.6 Å². The van der Waals surface area contributed by atoms with Crippen LogP contribution >= 0.6 is 0 Å². The Balaban J connectivity index is 2.48. The highest BCUT2D eigenvalue weighted by atomic mass is 16.4. The molecule has 0 aromatic heterocycles. The molecule has 1 aliphatic heterocycles. The van der Waals surface area contributed by atoms with E-state index in [0.717, 1.165) is 6.54 Å². The highest BCUT2D eigenvalue weighted by molar-refractivity contribution is 5.82. The van der Waals surface area contributed by atoms with Gasteiger partial charge in [-0.2, -0.15) is 0 Å². The van der Waals surface area contributed by atoms with Gasteiger partial charge in [0.25, 0.3) is 0 Å². The highest BCUT2D eigenvalue weighted by Crippen LogP contribution is 2.14. The van der Waals surface area contributed by atoms with E-state index in [2.05, 4.69) is 10.2 Å². The number of piperazine rings is 1. The van der Waals surface area contributed by atoms with Crippen LogP contribution < -0.4 is 5.32 Å². The monoisotopic (exact) mass is 228 g/mol. The molecule has 16 heavy (non-hydrogen) atoms. The van der Waals surface area contributed by atoms with E-state index in [4.69, 9.17) is 5.11 Å². The zero-order valence-corrected chi connectivity index (χ0v) is 9.90. The van der Waals surface area contributed by atoms with Gasteiger partial charge >= 0.3 is 5.97 Å². The van der Waals surface area contributed by atoms with Gasteiger partial charge in [-0.3, -0.25) is 14.5 Å². The number of hydrogen-bond acceptors (Lipinski definition) is 3.